The monoisotopic (exact) mass is 556 g/mol. The van der Waals surface area contributed by atoms with E-state index >= 15 is 0 Å². The van der Waals surface area contributed by atoms with Crippen molar-refractivity contribution in [3.63, 3.8) is 0 Å². The molecular formula is C22H26B3F3O9S. The van der Waals surface area contributed by atoms with Gasteiger partial charge in [-0.3, -0.25) is 14.1 Å². The fourth-order valence-electron chi connectivity index (χ4n) is 6.18. The van der Waals surface area contributed by atoms with Gasteiger partial charge in [0.2, 0.25) is 6.10 Å². The topological polar surface area (TPSA) is 133 Å². The number of carbonyl (C=O) groups excluding carboxylic acids is 3. The summed E-state index contributed by atoms with van der Waals surface area (Å²) < 4.78 is 86.9. The van der Waals surface area contributed by atoms with Crippen molar-refractivity contribution >= 4 is 51.6 Å². The molecule has 7 unspecified atom stereocenters. The van der Waals surface area contributed by atoms with Gasteiger partial charge in [0.25, 0.3) is 10.1 Å². The second kappa shape index (κ2) is 10.3. The van der Waals surface area contributed by atoms with Crippen molar-refractivity contribution in [2.75, 3.05) is 5.75 Å². The lowest BCUT2D eigenvalue weighted by atomic mass is 9.78. The zero-order valence-electron chi connectivity index (χ0n) is 21.0. The summed E-state index contributed by atoms with van der Waals surface area (Å²) >= 11 is 0. The van der Waals surface area contributed by atoms with Gasteiger partial charge in [0.05, 0.1) is 17.4 Å². The van der Waals surface area contributed by atoms with E-state index in [0.29, 0.717) is 24.5 Å². The number of hydrogen-bond acceptors (Lipinski definition) is 8. The molecule has 0 radical (unpaired) electrons. The van der Waals surface area contributed by atoms with Crippen molar-refractivity contribution in [1.29, 1.82) is 0 Å². The van der Waals surface area contributed by atoms with Crippen LogP contribution in [0.3, 0.4) is 0 Å². The van der Waals surface area contributed by atoms with Gasteiger partial charge in [-0.15, -0.1) is 0 Å². The third kappa shape index (κ3) is 5.21. The highest BCUT2D eigenvalue weighted by Gasteiger charge is 2.70. The second-order valence-electron chi connectivity index (χ2n) is 9.94. The van der Waals surface area contributed by atoms with Gasteiger partial charge in [0.1, 0.15) is 41.5 Å². The average Bonchev–Trinajstić information content (AvgIpc) is 3.45. The molecule has 0 aromatic heterocycles. The number of fused-ring (bicyclic) bond motifs is 1. The first kappa shape index (κ1) is 28.5. The van der Waals surface area contributed by atoms with Crippen LogP contribution in [0.1, 0.15) is 33.5 Å². The van der Waals surface area contributed by atoms with Gasteiger partial charge < -0.3 is 14.2 Å². The molecule has 1 heterocycles. The first-order chi connectivity index (χ1) is 17.7. The quantitative estimate of drug-likeness (QED) is 0.172. The normalized spacial score (nSPS) is 28.7. The van der Waals surface area contributed by atoms with Crippen LogP contribution in [0.25, 0.3) is 0 Å². The molecule has 38 heavy (non-hydrogen) atoms. The summed E-state index contributed by atoms with van der Waals surface area (Å²) in [4.78, 5) is 38.9. The van der Waals surface area contributed by atoms with E-state index in [-0.39, 0.29) is 6.42 Å². The van der Waals surface area contributed by atoms with Gasteiger partial charge in [-0.25, -0.2) is 4.79 Å². The van der Waals surface area contributed by atoms with Gasteiger partial charge in [-0.2, -0.15) is 21.6 Å². The van der Waals surface area contributed by atoms with E-state index in [1.54, 1.807) is 6.07 Å². The maximum atomic E-state index is 13.4. The molecule has 3 aliphatic rings. The zero-order valence-corrected chi connectivity index (χ0v) is 21.8. The first-order valence-electron chi connectivity index (χ1n) is 12.5. The molecule has 2 aliphatic carbocycles. The molecule has 1 N–H and O–H groups in total. The van der Waals surface area contributed by atoms with Crippen LogP contribution in [-0.4, -0.2) is 84.7 Å². The SMILES string of the molecule is BCc1cc(CB)c(CB)c(C(=O)OC2C3CC4C2OC(=O)C4C3C(=O)OC(CS(=O)(=O)O)C(F)(F)F)c1. The number of halogens is 3. The van der Waals surface area contributed by atoms with Crippen molar-refractivity contribution < 1.29 is 54.7 Å². The Morgan fingerprint density at radius 2 is 1.82 bits per heavy atom. The number of ether oxygens (including phenoxy) is 3. The van der Waals surface area contributed by atoms with E-state index in [1.807, 2.05) is 29.6 Å². The predicted molar refractivity (Wildman–Crippen MR) is 133 cm³/mol. The average molecular weight is 556 g/mol. The molecule has 1 saturated heterocycles. The van der Waals surface area contributed by atoms with Crippen molar-refractivity contribution in [2.24, 2.45) is 23.7 Å². The number of benzene rings is 1. The summed E-state index contributed by atoms with van der Waals surface area (Å²) in [6.07, 6.45) is -8.25. The van der Waals surface area contributed by atoms with Gasteiger partial charge in [-0.05, 0) is 18.1 Å². The summed E-state index contributed by atoms with van der Waals surface area (Å²) in [5, 5.41) is 0. The Labute approximate surface area is 220 Å². The van der Waals surface area contributed by atoms with E-state index in [0.717, 1.165) is 16.7 Å². The molecule has 9 nitrogen and oxygen atoms in total. The van der Waals surface area contributed by atoms with Gasteiger partial charge in [-0.1, -0.05) is 36.2 Å². The van der Waals surface area contributed by atoms with E-state index in [2.05, 4.69) is 4.74 Å². The molecule has 7 atom stereocenters. The fourth-order valence-corrected chi connectivity index (χ4v) is 6.82. The minimum atomic E-state index is -5.29. The highest BCUT2D eigenvalue weighted by atomic mass is 32.2. The van der Waals surface area contributed by atoms with Crippen LogP contribution in [-0.2, 0) is 52.9 Å². The lowest BCUT2D eigenvalue weighted by Gasteiger charge is -2.31. The third-order valence-corrected chi connectivity index (χ3v) is 8.54. The largest absolute Gasteiger partial charge is 0.458 e. The van der Waals surface area contributed by atoms with E-state index in [4.69, 9.17) is 14.0 Å². The zero-order chi connectivity index (χ0) is 28.2. The highest BCUT2D eigenvalue weighted by Crippen LogP contribution is 2.59. The molecule has 0 spiro atoms. The van der Waals surface area contributed by atoms with E-state index < -0.39 is 81.9 Å². The molecule has 0 amide bonds. The second-order valence-corrected chi connectivity index (χ2v) is 11.4. The van der Waals surface area contributed by atoms with Crippen LogP contribution in [0.5, 0.6) is 0 Å². The highest BCUT2D eigenvalue weighted by molar-refractivity contribution is 7.85. The van der Waals surface area contributed by atoms with Crippen LogP contribution < -0.4 is 0 Å². The molecule has 2 bridgehead atoms. The summed E-state index contributed by atoms with van der Waals surface area (Å²) in [6, 6.07) is 3.75. The predicted octanol–water partition coefficient (Wildman–Crippen LogP) is -1.22. The van der Waals surface area contributed by atoms with Crippen molar-refractivity contribution in [1.82, 2.24) is 0 Å². The molecule has 4 rings (SSSR count). The summed E-state index contributed by atoms with van der Waals surface area (Å²) in [6.45, 7) is 0. The van der Waals surface area contributed by atoms with Crippen LogP contribution in [0.4, 0.5) is 13.2 Å². The molecule has 1 aromatic carbocycles. The smallest absolute Gasteiger partial charge is 0.426 e. The Morgan fingerprint density at radius 3 is 2.37 bits per heavy atom. The number of rotatable bonds is 9. The maximum absolute atomic E-state index is 13.4. The van der Waals surface area contributed by atoms with Gasteiger partial charge >= 0.3 is 24.1 Å². The minimum absolute atomic E-state index is 0.184. The standard InChI is InChI=1S/C22H26B3F3O9S/c23-4-8-1-9(5-24)13(6-25)10(2-8)19(29)36-17-11-3-12-16(21(31)37-18(12)17)15(11)20(30)35-14(22(26,27)28)7-38(32,33)34/h1-2,11-12,14-18H,3-7,23-25H2,(H,32,33,34). The number of alkyl halides is 3. The molecule has 1 aliphatic heterocycles. The van der Waals surface area contributed by atoms with Gasteiger partial charge in [0.15, 0.2) is 0 Å². The van der Waals surface area contributed by atoms with Gasteiger partial charge in [0, 0.05) is 11.8 Å². The molecular weight excluding hydrogens is 530 g/mol. The van der Waals surface area contributed by atoms with Crippen molar-refractivity contribution in [2.45, 2.75) is 49.9 Å². The maximum Gasteiger partial charge on any atom is 0.426 e. The third-order valence-electron chi connectivity index (χ3n) is 7.81. The minimum Gasteiger partial charge on any atom is -0.458 e. The fraction of sp³-hybridized carbons (Fsp3) is 0.591. The van der Waals surface area contributed by atoms with Crippen LogP contribution in [0.2, 0.25) is 0 Å². The summed E-state index contributed by atoms with van der Waals surface area (Å²) in [5.41, 5.74) is 3.05. The first-order valence-corrected chi connectivity index (χ1v) is 14.1. The summed E-state index contributed by atoms with van der Waals surface area (Å²) in [5.74, 6) is -8.76. The Bertz CT molecular complexity index is 1260. The number of carbonyl (C=O) groups is 3. The lowest BCUT2D eigenvalue weighted by Crippen LogP contribution is -2.47. The van der Waals surface area contributed by atoms with Crippen LogP contribution in [0.15, 0.2) is 12.1 Å². The Hall–Kier alpha value is -2.48. The lowest BCUT2D eigenvalue weighted by molar-refractivity contribution is -0.219. The van der Waals surface area contributed by atoms with Crippen LogP contribution in [0, 0.1) is 23.7 Å². The molecule has 204 valence electrons. The molecule has 2 saturated carbocycles. The Balaban J connectivity index is 1.61. The van der Waals surface area contributed by atoms with E-state index in [9.17, 15) is 36.0 Å². The molecule has 1 aromatic rings. The number of hydrogen-bond donors (Lipinski definition) is 1. The van der Waals surface area contributed by atoms with Crippen molar-refractivity contribution in [3.05, 3.63) is 34.4 Å². The van der Waals surface area contributed by atoms with Crippen LogP contribution >= 0.6 is 0 Å². The van der Waals surface area contributed by atoms with E-state index in [1.165, 1.54) is 0 Å². The molecule has 3 fully saturated rings. The van der Waals surface area contributed by atoms with Crippen molar-refractivity contribution in [3.8, 4) is 0 Å². The Kier molecular flexibility index (Phi) is 7.70. The Morgan fingerprint density at radius 1 is 1.13 bits per heavy atom. The number of esters is 3. The summed E-state index contributed by atoms with van der Waals surface area (Å²) in [7, 11) is 0.657. The molecule has 16 heteroatoms.